The van der Waals surface area contributed by atoms with E-state index in [1.54, 1.807) is 6.07 Å². The van der Waals surface area contributed by atoms with Crippen molar-refractivity contribution in [2.24, 2.45) is 5.73 Å². The summed E-state index contributed by atoms with van der Waals surface area (Å²) in [4.78, 5) is 0.829. The first-order valence-corrected chi connectivity index (χ1v) is 5.01. The smallest absolute Gasteiger partial charge is 0.126 e. The first kappa shape index (κ1) is 10.3. The Hall–Kier alpha value is -0.740. The van der Waals surface area contributed by atoms with Crippen LogP contribution in [0.4, 0.5) is 10.1 Å². The monoisotopic (exact) mass is 200 g/mol. The zero-order valence-electron chi connectivity index (χ0n) is 7.46. The second-order valence-corrected chi connectivity index (χ2v) is 4.10. The van der Waals surface area contributed by atoms with Gasteiger partial charge in [0.15, 0.2) is 0 Å². The molecule has 1 aromatic carbocycles. The minimum absolute atomic E-state index is 0.106. The summed E-state index contributed by atoms with van der Waals surface area (Å²) < 4.78 is 12.8. The number of nitrogen functional groups attached to an aromatic ring is 1. The highest BCUT2D eigenvalue weighted by Crippen LogP contribution is 2.22. The first-order chi connectivity index (χ1) is 6.08. The van der Waals surface area contributed by atoms with E-state index in [1.165, 1.54) is 23.9 Å². The number of hydrogen-bond acceptors (Lipinski definition) is 3. The van der Waals surface area contributed by atoms with Gasteiger partial charge in [0.2, 0.25) is 0 Å². The van der Waals surface area contributed by atoms with Crippen LogP contribution in [0.5, 0.6) is 0 Å². The van der Waals surface area contributed by atoms with E-state index in [0.29, 0.717) is 5.69 Å². The molecule has 4 N–H and O–H groups in total. The molecule has 13 heavy (non-hydrogen) atoms. The summed E-state index contributed by atoms with van der Waals surface area (Å²) in [5.41, 5.74) is 11.5. The topological polar surface area (TPSA) is 52.0 Å². The van der Waals surface area contributed by atoms with E-state index in [1.807, 2.05) is 6.92 Å². The zero-order valence-corrected chi connectivity index (χ0v) is 8.27. The average molecular weight is 200 g/mol. The third kappa shape index (κ3) is 3.65. The normalized spacial score (nSPS) is 12.8. The molecule has 0 amide bonds. The van der Waals surface area contributed by atoms with Crippen molar-refractivity contribution in [1.82, 2.24) is 0 Å². The Morgan fingerprint density at radius 3 is 2.69 bits per heavy atom. The maximum absolute atomic E-state index is 12.8. The van der Waals surface area contributed by atoms with Crippen LogP contribution in [0.25, 0.3) is 0 Å². The molecule has 0 spiro atoms. The van der Waals surface area contributed by atoms with Crippen molar-refractivity contribution in [1.29, 1.82) is 0 Å². The van der Waals surface area contributed by atoms with Crippen molar-refractivity contribution in [3.63, 3.8) is 0 Å². The third-order valence-corrected chi connectivity index (χ3v) is 2.67. The van der Waals surface area contributed by atoms with Crippen molar-refractivity contribution in [3.8, 4) is 0 Å². The molecule has 1 atom stereocenters. The van der Waals surface area contributed by atoms with Gasteiger partial charge in [-0.2, -0.15) is 0 Å². The Labute approximate surface area is 81.5 Å². The van der Waals surface area contributed by atoms with Gasteiger partial charge < -0.3 is 11.5 Å². The van der Waals surface area contributed by atoms with Crippen LogP contribution >= 0.6 is 11.8 Å². The van der Waals surface area contributed by atoms with E-state index < -0.39 is 0 Å². The molecule has 0 bridgehead atoms. The lowest BCUT2D eigenvalue weighted by molar-refractivity contribution is 0.625. The number of hydrogen-bond donors (Lipinski definition) is 2. The molecule has 0 saturated carbocycles. The van der Waals surface area contributed by atoms with Crippen LogP contribution in [-0.2, 0) is 0 Å². The van der Waals surface area contributed by atoms with Gasteiger partial charge in [-0.1, -0.05) is 0 Å². The van der Waals surface area contributed by atoms with Crippen LogP contribution in [0.15, 0.2) is 23.1 Å². The van der Waals surface area contributed by atoms with Gasteiger partial charge >= 0.3 is 0 Å². The van der Waals surface area contributed by atoms with Crippen LogP contribution in [0.1, 0.15) is 6.92 Å². The van der Waals surface area contributed by atoms with Crippen LogP contribution in [0.3, 0.4) is 0 Å². The molecule has 0 aliphatic heterocycles. The molecule has 1 unspecified atom stereocenters. The number of benzene rings is 1. The summed E-state index contributed by atoms with van der Waals surface area (Å²) in [5.74, 6) is 0.468. The average Bonchev–Trinajstić information content (AvgIpc) is 1.99. The van der Waals surface area contributed by atoms with Gasteiger partial charge in [0.1, 0.15) is 5.82 Å². The van der Waals surface area contributed by atoms with E-state index >= 15 is 0 Å². The third-order valence-electron chi connectivity index (χ3n) is 1.41. The van der Waals surface area contributed by atoms with Gasteiger partial charge in [-0.15, -0.1) is 11.8 Å². The van der Waals surface area contributed by atoms with Gasteiger partial charge in [0.25, 0.3) is 0 Å². The fourth-order valence-corrected chi connectivity index (χ4v) is 1.77. The molecule has 0 saturated heterocycles. The molecule has 4 heteroatoms. The summed E-state index contributed by atoms with van der Waals surface area (Å²) >= 11 is 1.51. The molecule has 2 nitrogen and oxygen atoms in total. The fraction of sp³-hybridized carbons (Fsp3) is 0.333. The second kappa shape index (κ2) is 4.48. The molecule has 0 heterocycles. The summed E-state index contributed by atoms with van der Waals surface area (Å²) in [6, 6.07) is 4.62. The SMILES string of the molecule is CC(N)CSc1cc(N)cc(F)c1. The number of halogens is 1. The zero-order chi connectivity index (χ0) is 9.84. The summed E-state index contributed by atoms with van der Waals surface area (Å²) in [6.07, 6.45) is 0. The molecule has 0 aliphatic carbocycles. The lowest BCUT2D eigenvalue weighted by Crippen LogP contribution is -2.17. The second-order valence-electron chi connectivity index (χ2n) is 3.01. The molecule has 0 aliphatic rings. The van der Waals surface area contributed by atoms with Gasteiger partial charge in [-0.3, -0.25) is 0 Å². The van der Waals surface area contributed by atoms with E-state index in [-0.39, 0.29) is 11.9 Å². The number of rotatable bonds is 3. The minimum atomic E-state index is -0.299. The fourth-order valence-electron chi connectivity index (χ4n) is 0.895. The van der Waals surface area contributed by atoms with Crippen molar-refractivity contribution >= 4 is 17.4 Å². The highest BCUT2D eigenvalue weighted by Gasteiger charge is 2.00. The quantitative estimate of drug-likeness (QED) is 0.578. The Kier molecular flexibility index (Phi) is 3.57. The van der Waals surface area contributed by atoms with Crippen LogP contribution in [0.2, 0.25) is 0 Å². The lowest BCUT2D eigenvalue weighted by Gasteiger charge is -2.05. The molecular formula is C9H13FN2S. The summed E-state index contributed by atoms with van der Waals surface area (Å²) in [6.45, 7) is 1.91. The Morgan fingerprint density at radius 1 is 1.46 bits per heavy atom. The van der Waals surface area contributed by atoms with E-state index in [4.69, 9.17) is 11.5 Å². The van der Waals surface area contributed by atoms with Gasteiger partial charge in [0, 0.05) is 22.4 Å². The van der Waals surface area contributed by atoms with Gasteiger partial charge in [-0.25, -0.2) is 4.39 Å². The largest absolute Gasteiger partial charge is 0.399 e. The number of anilines is 1. The van der Waals surface area contributed by atoms with E-state index in [9.17, 15) is 4.39 Å². The molecule has 72 valence electrons. The van der Waals surface area contributed by atoms with Crippen molar-refractivity contribution in [3.05, 3.63) is 24.0 Å². The predicted molar refractivity (Wildman–Crippen MR) is 55.2 cm³/mol. The van der Waals surface area contributed by atoms with Gasteiger partial charge in [0.05, 0.1) is 0 Å². The predicted octanol–water partition coefficient (Wildman–Crippen LogP) is 1.85. The van der Waals surface area contributed by atoms with Crippen LogP contribution < -0.4 is 11.5 Å². The highest BCUT2D eigenvalue weighted by atomic mass is 32.2. The van der Waals surface area contributed by atoms with E-state index in [2.05, 4.69) is 0 Å². The Bertz CT molecular complexity index is 269. The maximum Gasteiger partial charge on any atom is 0.126 e. The number of thioether (sulfide) groups is 1. The van der Waals surface area contributed by atoms with Crippen molar-refractivity contribution < 1.29 is 4.39 Å². The molecular weight excluding hydrogens is 187 g/mol. The molecule has 0 radical (unpaired) electrons. The summed E-state index contributed by atoms with van der Waals surface area (Å²) in [5, 5.41) is 0. The van der Waals surface area contributed by atoms with Crippen molar-refractivity contribution in [2.45, 2.75) is 17.9 Å². The van der Waals surface area contributed by atoms with Crippen LogP contribution in [-0.4, -0.2) is 11.8 Å². The van der Waals surface area contributed by atoms with Crippen LogP contribution in [0, 0.1) is 5.82 Å². The Balaban J connectivity index is 2.66. The van der Waals surface area contributed by atoms with Gasteiger partial charge in [-0.05, 0) is 25.1 Å². The molecule has 1 rings (SSSR count). The highest BCUT2D eigenvalue weighted by molar-refractivity contribution is 7.99. The first-order valence-electron chi connectivity index (χ1n) is 4.02. The number of nitrogens with two attached hydrogens (primary N) is 2. The molecule has 0 fully saturated rings. The minimum Gasteiger partial charge on any atom is -0.399 e. The molecule has 1 aromatic rings. The van der Waals surface area contributed by atoms with Crippen molar-refractivity contribution in [2.75, 3.05) is 11.5 Å². The maximum atomic E-state index is 12.8. The Morgan fingerprint density at radius 2 is 2.15 bits per heavy atom. The molecule has 0 aromatic heterocycles. The summed E-state index contributed by atoms with van der Waals surface area (Å²) in [7, 11) is 0. The lowest BCUT2D eigenvalue weighted by atomic mass is 10.3. The van der Waals surface area contributed by atoms with E-state index in [0.717, 1.165) is 10.6 Å². The standard InChI is InChI=1S/C9H13FN2S/c1-6(11)5-13-9-3-7(10)2-8(12)4-9/h2-4,6H,5,11-12H2,1H3.